The molecule has 1 fully saturated rings. The van der Waals surface area contributed by atoms with Gasteiger partial charge < -0.3 is 10.2 Å². The van der Waals surface area contributed by atoms with Crippen LogP contribution in [0.15, 0.2) is 54.6 Å². The van der Waals surface area contributed by atoms with Crippen LogP contribution in [-0.4, -0.2) is 21.8 Å². The lowest BCUT2D eigenvalue weighted by Crippen LogP contribution is -2.31. The summed E-state index contributed by atoms with van der Waals surface area (Å²) < 4.78 is 14.6. The maximum absolute atomic E-state index is 14.6. The SMILES string of the molecule is CCC(CC)(c1ccc(CCC2(O)CCCCC2)c(C)c1)c1ccc(-c2ccc(CC(=O)O)c(F)c2)c(C)c1. The molecule has 0 aliphatic heterocycles. The fourth-order valence-corrected chi connectivity index (χ4v) is 6.64. The normalized spacial score (nSPS) is 15.3. The lowest BCUT2D eigenvalue weighted by Gasteiger charge is -2.35. The fraction of sp³-hybridized carbons (Fsp3) is 0.457. The van der Waals surface area contributed by atoms with Crippen molar-refractivity contribution in [3.8, 4) is 11.1 Å². The van der Waals surface area contributed by atoms with Crippen molar-refractivity contribution >= 4 is 5.97 Å². The summed E-state index contributed by atoms with van der Waals surface area (Å²) in [6, 6.07) is 18.2. The minimum atomic E-state index is -1.04. The Kier molecular flexibility index (Phi) is 8.96. The zero-order valence-corrected chi connectivity index (χ0v) is 23.9. The average Bonchev–Trinajstić information content (AvgIpc) is 2.91. The van der Waals surface area contributed by atoms with Crippen molar-refractivity contribution in [3.63, 3.8) is 0 Å². The van der Waals surface area contributed by atoms with E-state index in [2.05, 4.69) is 64.1 Å². The number of aryl methyl sites for hydroxylation is 3. The van der Waals surface area contributed by atoms with Crippen molar-refractivity contribution < 1.29 is 19.4 Å². The fourth-order valence-electron chi connectivity index (χ4n) is 6.64. The number of carbonyl (C=O) groups is 1. The van der Waals surface area contributed by atoms with Crippen LogP contribution in [0, 0.1) is 19.7 Å². The number of rotatable bonds is 10. The first-order valence-corrected chi connectivity index (χ1v) is 14.5. The number of aliphatic hydroxyl groups is 1. The maximum atomic E-state index is 14.6. The van der Waals surface area contributed by atoms with E-state index in [9.17, 15) is 14.3 Å². The molecule has 0 saturated heterocycles. The zero-order chi connectivity index (χ0) is 28.2. The van der Waals surface area contributed by atoms with Crippen molar-refractivity contribution in [3.05, 3.63) is 93.8 Å². The first-order valence-electron chi connectivity index (χ1n) is 14.5. The summed E-state index contributed by atoms with van der Waals surface area (Å²) in [7, 11) is 0. The van der Waals surface area contributed by atoms with Crippen LogP contribution in [0.5, 0.6) is 0 Å². The number of carboxylic acid groups (broad SMARTS) is 1. The summed E-state index contributed by atoms with van der Waals surface area (Å²) in [4.78, 5) is 11.0. The van der Waals surface area contributed by atoms with E-state index in [-0.39, 0.29) is 17.4 Å². The van der Waals surface area contributed by atoms with Gasteiger partial charge in [0.25, 0.3) is 0 Å². The number of hydrogen-bond acceptors (Lipinski definition) is 2. The summed E-state index contributed by atoms with van der Waals surface area (Å²) in [5.74, 6) is -1.52. The van der Waals surface area contributed by atoms with Gasteiger partial charge in [0, 0.05) is 5.41 Å². The van der Waals surface area contributed by atoms with E-state index in [0.717, 1.165) is 68.1 Å². The van der Waals surface area contributed by atoms with Gasteiger partial charge in [-0.2, -0.15) is 0 Å². The van der Waals surface area contributed by atoms with E-state index in [1.54, 1.807) is 6.07 Å². The van der Waals surface area contributed by atoms with Gasteiger partial charge in [-0.1, -0.05) is 81.6 Å². The third kappa shape index (κ3) is 6.27. The molecule has 0 radical (unpaired) electrons. The summed E-state index contributed by atoms with van der Waals surface area (Å²) >= 11 is 0. The molecule has 3 aromatic carbocycles. The Morgan fingerprint density at radius 3 is 2.05 bits per heavy atom. The second-order valence-corrected chi connectivity index (χ2v) is 11.6. The summed E-state index contributed by atoms with van der Waals surface area (Å²) in [5, 5.41) is 20.0. The van der Waals surface area contributed by atoms with Crippen LogP contribution in [-0.2, 0) is 23.1 Å². The first-order chi connectivity index (χ1) is 18.6. The molecule has 2 N–H and O–H groups in total. The van der Waals surface area contributed by atoms with Crippen molar-refractivity contribution in [2.24, 2.45) is 0 Å². The Hall–Kier alpha value is -2.98. The molecule has 39 heavy (non-hydrogen) atoms. The second kappa shape index (κ2) is 12.0. The molecule has 1 aliphatic rings. The van der Waals surface area contributed by atoms with Crippen molar-refractivity contribution in [1.29, 1.82) is 0 Å². The molecule has 0 aromatic heterocycles. The van der Waals surface area contributed by atoms with Gasteiger partial charge in [0.15, 0.2) is 0 Å². The summed E-state index contributed by atoms with van der Waals surface area (Å²) in [6.07, 6.45) is 8.68. The molecule has 1 saturated carbocycles. The molecule has 0 unspecified atom stereocenters. The predicted octanol–water partition coefficient (Wildman–Crippen LogP) is 8.47. The standard InChI is InChI=1S/C35H43FO3/c1-5-35(6-2,29-13-12-26(24(3)20-29)16-19-34(39)17-8-7-9-18-34)30-14-15-31(25(4)21-30)27-10-11-28(23-33(37)38)32(36)22-27/h10-15,20-22,39H,5-9,16-19,23H2,1-4H3,(H,37,38). The molecule has 0 amide bonds. The topological polar surface area (TPSA) is 57.5 Å². The van der Waals surface area contributed by atoms with Gasteiger partial charge in [-0.25, -0.2) is 4.39 Å². The third-order valence-electron chi connectivity index (χ3n) is 9.23. The molecular weight excluding hydrogens is 487 g/mol. The first kappa shape index (κ1) is 29.0. The van der Waals surface area contributed by atoms with E-state index < -0.39 is 17.4 Å². The van der Waals surface area contributed by atoms with Gasteiger partial charge in [-0.15, -0.1) is 0 Å². The summed E-state index contributed by atoms with van der Waals surface area (Å²) in [6.45, 7) is 8.73. The molecule has 3 aromatic rings. The molecule has 3 nitrogen and oxygen atoms in total. The highest BCUT2D eigenvalue weighted by molar-refractivity contribution is 5.72. The molecule has 4 rings (SSSR count). The van der Waals surface area contributed by atoms with E-state index in [0.29, 0.717) is 0 Å². The molecule has 4 heteroatoms. The monoisotopic (exact) mass is 530 g/mol. The molecule has 1 aliphatic carbocycles. The van der Waals surface area contributed by atoms with Crippen LogP contribution < -0.4 is 0 Å². The van der Waals surface area contributed by atoms with E-state index in [1.807, 2.05) is 6.07 Å². The largest absolute Gasteiger partial charge is 0.481 e. The number of halogens is 1. The molecule has 208 valence electrons. The van der Waals surface area contributed by atoms with Gasteiger partial charge >= 0.3 is 5.97 Å². The van der Waals surface area contributed by atoms with Crippen LogP contribution in [0.3, 0.4) is 0 Å². The lowest BCUT2D eigenvalue weighted by molar-refractivity contribution is -0.136. The molecule has 0 atom stereocenters. The van der Waals surface area contributed by atoms with Crippen LogP contribution >= 0.6 is 0 Å². The molecule has 0 bridgehead atoms. The van der Waals surface area contributed by atoms with Gasteiger partial charge in [-0.05, 0) is 103 Å². The number of hydrogen-bond donors (Lipinski definition) is 2. The van der Waals surface area contributed by atoms with Crippen LogP contribution in [0.1, 0.15) is 98.6 Å². The summed E-state index contributed by atoms with van der Waals surface area (Å²) in [5.41, 5.74) is 7.49. The molecule has 0 spiro atoms. The van der Waals surface area contributed by atoms with Crippen LogP contribution in [0.4, 0.5) is 4.39 Å². The zero-order valence-electron chi connectivity index (χ0n) is 23.9. The van der Waals surface area contributed by atoms with Crippen LogP contribution in [0.25, 0.3) is 11.1 Å². The predicted molar refractivity (Wildman–Crippen MR) is 157 cm³/mol. The van der Waals surface area contributed by atoms with Crippen LogP contribution in [0.2, 0.25) is 0 Å². The van der Waals surface area contributed by atoms with Gasteiger partial charge in [0.1, 0.15) is 5.82 Å². The van der Waals surface area contributed by atoms with Crippen molar-refractivity contribution in [2.75, 3.05) is 0 Å². The highest BCUT2D eigenvalue weighted by atomic mass is 19.1. The Morgan fingerprint density at radius 2 is 1.49 bits per heavy atom. The van der Waals surface area contributed by atoms with Gasteiger partial charge in [-0.3, -0.25) is 4.79 Å². The van der Waals surface area contributed by atoms with Gasteiger partial charge in [0.2, 0.25) is 0 Å². The Morgan fingerprint density at radius 1 is 0.872 bits per heavy atom. The van der Waals surface area contributed by atoms with E-state index >= 15 is 0 Å². The molecule has 0 heterocycles. The average molecular weight is 531 g/mol. The Labute approximate surface area is 233 Å². The molecular formula is C35H43FO3. The van der Waals surface area contributed by atoms with E-state index in [4.69, 9.17) is 5.11 Å². The maximum Gasteiger partial charge on any atom is 0.307 e. The van der Waals surface area contributed by atoms with Crippen molar-refractivity contribution in [1.82, 2.24) is 0 Å². The minimum Gasteiger partial charge on any atom is -0.481 e. The second-order valence-electron chi connectivity index (χ2n) is 11.6. The quantitative estimate of drug-likeness (QED) is 0.276. The smallest absolute Gasteiger partial charge is 0.307 e. The lowest BCUT2D eigenvalue weighted by atomic mass is 9.69. The Balaban J connectivity index is 1.60. The third-order valence-corrected chi connectivity index (χ3v) is 9.23. The minimum absolute atomic E-state index is 0.134. The Bertz CT molecular complexity index is 1320. The number of aliphatic carboxylic acids is 1. The highest BCUT2D eigenvalue weighted by Crippen LogP contribution is 2.41. The van der Waals surface area contributed by atoms with Crippen molar-refractivity contribution in [2.45, 2.75) is 103 Å². The number of carboxylic acids is 1. The number of benzene rings is 3. The van der Waals surface area contributed by atoms with Gasteiger partial charge in [0.05, 0.1) is 12.0 Å². The van der Waals surface area contributed by atoms with E-state index in [1.165, 1.54) is 34.7 Å². The highest BCUT2D eigenvalue weighted by Gasteiger charge is 2.32.